The third-order valence-electron chi connectivity index (χ3n) is 11.9. The molecule has 1 saturated carbocycles. The van der Waals surface area contributed by atoms with Gasteiger partial charge in [-0.15, -0.1) is 0 Å². The van der Waals surface area contributed by atoms with Crippen molar-refractivity contribution >= 4 is 24.0 Å². The van der Waals surface area contributed by atoms with E-state index in [4.69, 9.17) is 9.97 Å². The Balaban J connectivity index is 1.01. The van der Waals surface area contributed by atoms with Crippen molar-refractivity contribution in [2.24, 2.45) is 0 Å². The summed E-state index contributed by atoms with van der Waals surface area (Å²) in [6, 6.07) is 12.7. The third kappa shape index (κ3) is 7.17. The van der Waals surface area contributed by atoms with E-state index in [9.17, 15) is 19.2 Å². The molecule has 2 aliphatic carbocycles. The van der Waals surface area contributed by atoms with Crippen LogP contribution in [0, 0.1) is 0 Å². The smallest absolute Gasteiger partial charge is 0.407 e. The van der Waals surface area contributed by atoms with E-state index in [1.54, 1.807) is 4.90 Å². The van der Waals surface area contributed by atoms with Crippen molar-refractivity contribution in [3.05, 3.63) is 71.6 Å². The molecule has 0 spiro atoms. The van der Waals surface area contributed by atoms with E-state index < -0.39 is 12.2 Å². The van der Waals surface area contributed by atoms with Crippen LogP contribution in [0.4, 0.5) is 9.59 Å². The summed E-state index contributed by atoms with van der Waals surface area (Å²) in [4.78, 5) is 69.5. The van der Waals surface area contributed by atoms with Gasteiger partial charge in [-0.25, -0.2) is 19.6 Å². The van der Waals surface area contributed by atoms with Gasteiger partial charge in [0.15, 0.2) is 0 Å². The van der Waals surface area contributed by atoms with E-state index in [1.807, 2.05) is 17.3 Å². The van der Waals surface area contributed by atoms with Crippen LogP contribution in [0.25, 0.3) is 33.6 Å². The van der Waals surface area contributed by atoms with E-state index in [0.29, 0.717) is 24.9 Å². The number of carbonyl (C=O) groups excluding carboxylic acids is 4. The Morgan fingerprint density at radius 3 is 1.71 bits per heavy atom. The van der Waals surface area contributed by atoms with Gasteiger partial charge < -0.3 is 39.9 Å². The highest BCUT2D eigenvalue weighted by molar-refractivity contribution is 5.84. The minimum atomic E-state index is -0.628. The highest BCUT2D eigenvalue weighted by atomic mass is 16.5. The van der Waals surface area contributed by atoms with Gasteiger partial charge in [-0.1, -0.05) is 36.4 Å². The molecule has 3 fully saturated rings. The van der Waals surface area contributed by atoms with Crippen LogP contribution in [-0.4, -0.2) is 94.1 Å². The minimum Gasteiger partial charge on any atom is -0.453 e. The maximum Gasteiger partial charge on any atom is 0.407 e. The van der Waals surface area contributed by atoms with E-state index in [2.05, 4.69) is 66.5 Å². The molecule has 4 atom stereocenters. The van der Waals surface area contributed by atoms with Gasteiger partial charge in [0.25, 0.3) is 0 Å². The summed E-state index contributed by atoms with van der Waals surface area (Å²) in [5.41, 5.74) is 9.35. The van der Waals surface area contributed by atoms with Crippen molar-refractivity contribution in [3.8, 4) is 33.6 Å². The number of likely N-dealkylation sites (tertiary alicyclic amines) is 2. The first-order chi connectivity index (χ1) is 26.8. The minimum absolute atomic E-state index is 0.112. The maximum atomic E-state index is 13.1. The fourth-order valence-electron chi connectivity index (χ4n) is 9.31. The predicted molar refractivity (Wildman–Crippen MR) is 204 cm³/mol. The van der Waals surface area contributed by atoms with Gasteiger partial charge in [-0.05, 0) is 97.4 Å². The molecule has 4 amide bonds. The molecule has 4 N–H and O–H groups in total. The molecule has 2 aromatic carbocycles. The lowest BCUT2D eigenvalue weighted by Crippen LogP contribution is -2.44. The summed E-state index contributed by atoms with van der Waals surface area (Å²) in [7, 11) is 2.56. The molecule has 2 aliphatic heterocycles. The predicted octanol–water partition coefficient (Wildman–Crippen LogP) is 6.32. The van der Waals surface area contributed by atoms with Crippen LogP contribution in [0.3, 0.4) is 0 Å². The third-order valence-corrected chi connectivity index (χ3v) is 11.9. The quantitative estimate of drug-likeness (QED) is 0.154. The Morgan fingerprint density at radius 1 is 0.655 bits per heavy atom. The maximum absolute atomic E-state index is 13.1. The lowest BCUT2D eigenvalue weighted by molar-refractivity contribution is -0.134. The van der Waals surface area contributed by atoms with Gasteiger partial charge in [-0.2, -0.15) is 0 Å². The van der Waals surface area contributed by atoms with Crippen molar-refractivity contribution in [1.82, 2.24) is 40.4 Å². The molecule has 2 aromatic heterocycles. The van der Waals surface area contributed by atoms with E-state index >= 15 is 0 Å². The molecular weight excluding hydrogens is 701 g/mol. The Bertz CT molecular complexity index is 2070. The molecule has 288 valence electrons. The molecule has 55 heavy (non-hydrogen) atoms. The largest absolute Gasteiger partial charge is 0.453 e. The Kier molecular flexibility index (Phi) is 10.3. The van der Waals surface area contributed by atoms with E-state index in [1.165, 1.54) is 54.9 Å². The number of piperidine rings is 2. The van der Waals surface area contributed by atoms with Crippen LogP contribution in [0.5, 0.6) is 0 Å². The zero-order valence-electron chi connectivity index (χ0n) is 31.4. The van der Waals surface area contributed by atoms with E-state index in [0.717, 1.165) is 73.5 Å². The van der Waals surface area contributed by atoms with E-state index in [-0.39, 0.29) is 37.0 Å². The Morgan fingerprint density at radius 2 is 1.15 bits per heavy atom. The SMILES string of the molecule is COC(=O)NCC(=O)N1CCCC[C@H]1c1ncc(-c2ccc(-c3ccc(-c4cnc([C@@H]5CCCCN5C(=O)CNC(=O)OC)[nH]4)c4c3C3CCC4C3)cc2)[nH]1. The number of aromatic amines is 2. The number of H-pyrrole nitrogens is 2. The number of hydrogen-bond donors (Lipinski definition) is 4. The van der Waals surface area contributed by atoms with Crippen molar-refractivity contribution in [3.63, 3.8) is 0 Å². The molecule has 2 unspecified atom stereocenters. The van der Waals surface area contributed by atoms with Gasteiger partial charge in [0.05, 0.1) is 50.1 Å². The molecule has 4 aliphatic rings. The fraction of sp³-hybridized carbons (Fsp3) is 0.463. The van der Waals surface area contributed by atoms with Crippen LogP contribution in [-0.2, 0) is 19.1 Å². The fourth-order valence-corrected chi connectivity index (χ4v) is 9.31. The van der Waals surface area contributed by atoms with Crippen molar-refractivity contribution in [1.29, 1.82) is 0 Å². The lowest BCUT2D eigenvalue weighted by Gasteiger charge is -2.34. The first-order valence-corrected chi connectivity index (χ1v) is 19.4. The van der Waals surface area contributed by atoms with Crippen molar-refractivity contribution in [2.75, 3.05) is 40.4 Å². The average Bonchev–Trinajstić information content (AvgIpc) is 4.07. The second kappa shape index (κ2) is 15.6. The monoisotopic (exact) mass is 748 g/mol. The van der Waals surface area contributed by atoms with Crippen LogP contribution < -0.4 is 10.6 Å². The molecule has 14 heteroatoms. The summed E-state index contributed by atoms with van der Waals surface area (Å²) >= 11 is 0. The second-order valence-corrected chi connectivity index (χ2v) is 15.0. The number of amides is 4. The zero-order valence-corrected chi connectivity index (χ0v) is 31.4. The van der Waals surface area contributed by atoms with Gasteiger partial charge in [0.2, 0.25) is 11.8 Å². The number of carbonyl (C=O) groups is 4. The number of nitrogens with zero attached hydrogens (tertiary/aromatic N) is 4. The van der Waals surface area contributed by atoms with Crippen molar-refractivity contribution < 1.29 is 28.7 Å². The summed E-state index contributed by atoms with van der Waals surface area (Å²) in [5.74, 6) is 2.23. The summed E-state index contributed by atoms with van der Waals surface area (Å²) in [6.07, 6.45) is 11.4. The number of nitrogens with one attached hydrogen (secondary N) is 4. The highest BCUT2D eigenvalue weighted by Crippen LogP contribution is 2.58. The number of benzene rings is 2. The summed E-state index contributed by atoms with van der Waals surface area (Å²) in [5, 5.41) is 5.02. The molecule has 0 radical (unpaired) electrons. The highest BCUT2D eigenvalue weighted by Gasteiger charge is 2.41. The number of hydrogen-bond acceptors (Lipinski definition) is 8. The van der Waals surface area contributed by atoms with Gasteiger partial charge >= 0.3 is 12.2 Å². The number of fused-ring (bicyclic) bond motifs is 5. The first-order valence-electron chi connectivity index (χ1n) is 19.4. The van der Waals surface area contributed by atoms with Gasteiger partial charge in [0.1, 0.15) is 24.7 Å². The standard InChI is InChI=1S/C41H48N8O6/c1-54-40(52)44-22-34(50)48-17-5-3-7-32(48)38-42-20-30(46-38)25-11-9-24(10-12-25)28-15-16-29(37-27-14-13-26(19-27)36(28)37)31-21-43-39(47-31)33-8-4-6-18-49(33)35(51)23-45-41(53)55-2/h9-12,15-16,20-21,26-27,32-33H,3-8,13-14,17-19,22-23H2,1-2H3,(H,42,46)(H,43,47)(H,44,52)(H,45,53)/t26?,27?,32-,33-/m0/s1. The molecule has 8 rings (SSSR count). The summed E-state index contributed by atoms with van der Waals surface area (Å²) < 4.78 is 9.27. The normalized spacial score (nSPS) is 21.6. The Hall–Kier alpha value is -5.66. The summed E-state index contributed by atoms with van der Waals surface area (Å²) in [6.45, 7) is 1.00. The average molecular weight is 749 g/mol. The van der Waals surface area contributed by atoms with Crippen LogP contribution in [0.2, 0.25) is 0 Å². The van der Waals surface area contributed by atoms with Gasteiger partial charge in [-0.3, -0.25) is 9.59 Å². The van der Waals surface area contributed by atoms with Gasteiger partial charge in [0, 0.05) is 18.7 Å². The van der Waals surface area contributed by atoms with Crippen molar-refractivity contribution in [2.45, 2.75) is 81.7 Å². The second-order valence-electron chi connectivity index (χ2n) is 15.0. The topological polar surface area (TPSA) is 175 Å². The molecule has 4 heterocycles. The molecule has 2 bridgehead atoms. The number of rotatable bonds is 9. The number of imidazole rings is 2. The van der Waals surface area contributed by atoms with Crippen LogP contribution >= 0.6 is 0 Å². The number of methoxy groups -OCH3 is 2. The lowest BCUT2D eigenvalue weighted by atomic mass is 9.82. The van der Waals surface area contributed by atoms with Crippen LogP contribution in [0.1, 0.15) is 104 Å². The first kappa shape index (κ1) is 36.3. The number of ether oxygens (including phenoxy) is 2. The Labute approximate surface area is 319 Å². The molecule has 14 nitrogen and oxygen atoms in total. The molecule has 2 saturated heterocycles. The molecule has 4 aromatic rings. The van der Waals surface area contributed by atoms with Crippen LogP contribution in [0.15, 0.2) is 48.8 Å². The number of aromatic nitrogens is 4. The zero-order chi connectivity index (χ0) is 38.1. The molecular formula is C41H48N8O6. The number of alkyl carbamates (subject to hydrolysis) is 2.